The van der Waals surface area contributed by atoms with Crippen molar-refractivity contribution in [3.8, 4) is 0 Å². The normalized spacial score (nSPS) is 22.6. The molecule has 2 saturated heterocycles. The van der Waals surface area contributed by atoms with Crippen molar-refractivity contribution in [1.82, 2.24) is 15.1 Å². The maximum atomic E-state index is 10.9. The maximum absolute atomic E-state index is 10.9. The second kappa shape index (κ2) is 14.0. The monoisotopic (exact) mass is 569 g/mol. The van der Waals surface area contributed by atoms with Gasteiger partial charge in [0.25, 0.3) is 0 Å². The molecule has 2 heterocycles. The molecule has 1 saturated carbocycles. The summed E-state index contributed by atoms with van der Waals surface area (Å²) in [5.41, 5.74) is 4.84. The highest BCUT2D eigenvalue weighted by atomic mass is 79.9. The lowest BCUT2D eigenvalue weighted by Crippen LogP contribution is -2.55. The van der Waals surface area contributed by atoms with Crippen LogP contribution in [0, 0.1) is 5.92 Å². The Bertz CT molecular complexity index is 933. The number of carbonyl (C=O) groups is 1. The Hall–Kier alpha value is -1.53. The second-order valence-corrected chi connectivity index (χ2v) is 12.5. The van der Waals surface area contributed by atoms with Crippen LogP contribution in [0.2, 0.25) is 0 Å². The zero-order valence-electron chi connectivity index (χ0n) is 23.6. The fourth-order valence-electron chi connectivity index (χ4n) is 5.76. The quantitative estimate of drug-likeness (QED) is 0.210. The number of carbonyl (C=O) groups excluding carboxylic acids is 1. The molecule has 37 heavy (non-hydrogen) atoms. The predicted octanol–water partition coefficient (Wildman–Crippen LogP) is 6.88. The first-order chi connectivity index (χ1) is 17.7. The molecule has 1 atom stereocenters. The molecule has 2 aliphatic heterocycles. The number of nitrogens with zero attached hydrogens (tertiary/aromatic N) is 2. The Morgan fingerprint density at radius 1 is 1.11 bits per heavy atom. The van der Waals surface area contributed by atoms with Crippen LogP contribution in [0.5, 0.6) is 0 Å². The summed E-state index contributed by atoms with van der Waals surface area (Å²) >= 11 is 3.51. The topological polar surface area (TPSA) is 35.6 Å². The van der Waals surface area contributed by atoms with Gasteiger partial charge in [-0.1, -0.05) is 53.7 Å². The Morgan fingerprint density at radius 3 is 2.19 bits per heavy atom. The minimum atomic E-state index is 0.149. The number of nitrogens with one attached hydrogen (secondary N) is 1. The standard InChI is InChI=1S/C20H29BrN2.C12H19NO/c1-16(17-4-6-19(21)7-5-17)18-8-12-23(13-9-18)20(2)10-14-22(3)15-11-20;1-4-9(2)12(8-14)10(3)13-11-6-5-7-11/h4-7,18H,1,8-15H2,2-3H3;4,8,10-11,13H,1,5-7H2,2-3H3/b;12-9-. The third kappa shape index (κ3) is 8.23. The molecule has 0 spiro atoms. The molecule has 1 unspecified atom stereocenters. The van der Waals surface area contributed by atoms with Gasteiger partial charge in [-0.15, -0.1) is 0 Å². The first-order valence-electron chi connectivity index (χ1n) is 14.1. The Balaban J connectivity index is 0.000000233. The number of hydrogen-bond donors (Lipinski definition) is 1. The van der Waals surface area contributed by atoms with Crippen LogP contribution >= 0.6 is 15.9 Å². The van der Waals surface area contributed by atoms with Gasteiger partial charge in [-0.05, 0) is 127 Å². The summed E-state index contributed by atoms with van der Waals surface area (Å²) in [6.07, 6.45) is 11.6. The average molecular weight is 571 g/mol. The lowest BCUT2D eigenvalue weighted by Gasteiger charge is -2.49. The minimum Gasteiger partial charge on any atom is -0.307 e. The zero-order valence-corrected chi connectivity index (χ0v) is 25.2. The van der Waals surface area contributed by atoms with E-state index in [9.17, 15) is 4.79 Å². The minimum absolute atomic E-state index is 0.149. The van der Waals surface area contributed by atoms with Gasteiger partial charge < -0.3 is 10.2 Å². The van der Waals surface area contributed by atoms with E-state index in [2.05, 4.69) is 82.4 Å². The average Bonchev–Trinajstić information content (AvgIpc) is 2.89. The Kier molecular flexibility index (Phi) is 11.4. The van der Waals surface area contributed by atoms with Crippen molar-refractivity contribution >= 4 is 27.8 Å². The van der Waals surface area contributed by atoms with E-state index < -0.39 is 0 Å². The van der Waals surface area contributed by atoms with Crippen molar-refractivity contribution in [2.75, 3.05) is 33.2 Å². The summed E-state index contributed by atoms with van der Waals surface area (Å²) in [5.74, 6) is 0.641. The van der Waals surface area contributed by atoms with Crippen molar-refractivity contribution in [3.63, 3.8) is 0 Å². The van der Waals surface area contributed by atoms with Crippen LogP contribution in [0.15, 0.2) is 59.1 Å². The van der Waals surface area contributed by atoms with Gasteiger partial charge in [0.2, 0.25) is 0 Å². The van der Waals surface area contributed by atoms with Crippen LogP contribution in [0.25, 0.3) is 5.57 Å². The summed E-state index contributed by atoms with van der Waals surface area (Å²) in [4.78, 5) is 16.1. The van der Waals surface area contributed by atoms with E-state index in [1.54, 1.807) is 6.08 Å². The number of halogens is 1. The summed E-state index contributed by atoms with van der Waals surface area (Å²) in [6.45, 7) is 19.4. The second-order valence-electron chi connectivity index (χ2n) is 11.6. The molecular formula is C32H48BrN3O. The summed E-state index contributed by atoms with van der Waals surface area (Å²) < 4.78 is 1.14. The Labute approximate surface area is 234 Å². The molecule has 204 valence electrons. The number of hydrogen-bond acceptors (Lipinski definition) is 4. The fourth-order valence-corrected chi connectivity index (χ4v) is 6.02. The highest BCUT2D eigenvalue weighted by Crippen LogP contribution is 2.36. The SMILES string of the molecule is C=C(c1ccc(Br)cc1)C1CCN(C2(C)CCN(C)CC2)CC1.C=C/C(C)=C(/C=O)C(C)NC1CCC1. The van der Waals surface area contributed by atoms with Gasteiger partial charge in [0.15, 0.2) is 0 Å². The van der Waals surface area contributed by atoms with Gasteiger partial charge in [-0.3, -0.25) is 9.69 Å². The molecule has 0 bridgehead atoms. The number of allylic oxidation sites excluding steroid dienone is 3. The van der Waals surface area contributed by atoms with E-state index in [0.717, 1.165) is 21.9 Å². The number of aldehydes is 1. The summed E-state index contributed by atoms with van der Waals surface area (Å²) in [7, 11) is 2.24. The van der Waals surface area contributed by atoms with Gasteiger partial charge in [0.1, 0.15) is 6.29 Å². The molecule has 3 fully saturated rings. The van der Waals surface area contributed by atoms with Crippen molar-refractivity contribution in [3.05, 3.63) is 64.7 Å². The van der Waals surface area contributed by atoms with Crippen LogP contribution in [-0.2, 0) is 4.79 Å². The van der Waals surface area contributed by atoms with Crippen molar-refractivity contribution in [2.24, 2.45) is 5.92 Å². The molecule has 0 amide bonds. The lowest BCUT2D eigenvalue weighted by atomic mass is 9.81. The van der Waals surface area contributed by atoms with Crippen LogP contribution in [0.4, 0.5) is 0 Å². The van der Waals surface area contributed by atoms with E-state index in [1.807, 2.05) is 13.8 Å². The van der Waals surface area contributed by atoms with Crippen molar-refractivity contribution in [2.45, 2.75) is 83.3 Å². The third-order valence-electron chi connectivity index (χ3n) is 8.98. The van der Waals surface area contributed by atoms with Gasteiger partial charge in [0, 0.05) is 27.7 Å². The van der Waals surface area contributed by atoms with E-state index in [0.29, 0.717) is 17.5 Å². The van der Waals surface area contributed by atoms with E-state index in [-0.39, 0.29) is 6.04 Å². The smallest absolute Gasteiger partial charge is 0.147 e. The third-order valence-corrected chi connectivity index (χ3v) is 9.50. The molecule has 1 N–H and O–H groups in total. The molecule has 4 rings (SSSR count). The van der Waals surface area contributed by atoms with Gasteiger partial charge in [0.05, 0.1) is 0 Å². The number of rotatable bonds is 8. The number of benzene rings is 1. The Morgan fingerprint density at radius 2 is 1.70 bits per heavy atom. The lowest BCUT2D eigenvalue weighted by molar-refractivity contribution is -0.105. The first kappa shape index (κ1) is 30.0. The van der Waals surface area contributed by atoms with E-state index >= 15 is 0 Å². The van der Waals surface area contributed by atoms with Crippen molar-refractivity contribution in [1.29, 1.82) is 0 Å². The molecule has 1 aromatic rings. The highest BCUT2D eigenvalue weighted by Gasteiger charge is 2.37. The fraction of sp³-hybridized carbons (Fsp3) is 0.594. The molecule has 0 radical (unpaired) electrons. The first-order valence-corrected chi connectivity index (χ1v) is 14.9. The molecular weight excluding hydrogens is 522 g/mol. The molecule has 3 aliphatic rings. The van der Waals surface area contributed by atoms with Crippen LogP contribution in [-0.4, -0.2) is 66.9 Å². The maximum Gasteiger partial charge on any atom is 0.147 e. The van der Waals surface area contributed by atoms with E-state index in [4.69, 9.17) is 0 Å². The highest BCUT2D eigenvalue weighted by molar-refractivity contribution is 9.10. The molecule has 1 aromatic carbocycles. The van der Waals surface area contributed by atoms with Crippen LogP contribution in [0.3, 0.4) is 0 Å². The predicted molar refractivity (Wildman–Crippen MR) is 162 cm³/mol. The largest absolute Gasteiger partial charge is 0.307 e. The molecule has 0 aromatic heterocycles. The number of piperidine rings is 2. The van der Waals surface area contributed by atoms with Gasteiger partial charge in [-0.2, -0.15) is 0 Å². The van der Waals surface area contributed by atoms with Gasteiger partial charge >= 0.3 is 0 Å². The summed E-state index contributed by atoms with van der Waals surface area (Å²) in [5, 5.41) is 3.45. The van der Waals surface area contributed by atoms with E-state index in [1.165, 1.54) is 82.3 Å². The molecule has 5 heteroatoms. The van der Waals surface area contributed by atoms with Crippen LogP contribution in [0.1, 0.15) is 71.3 Å². The molecule has 4 nitrogen and oxygen atoms in total. The zero-order chi connectivity index (χ0) is 27.0. The summed E-state index contributed by atoms with van der Waals surface area (Å²) in [6, 6.07) is 9.38. The number of likely N-dealkylation sites (tertiary alicyclic amines) is 2. The van der Waals surface area contributed by atoms with Gasteiger partial charge in [-0.25, -0.2) is 0 Å². The van der Waals surface area contributed by atoms with Crippen molar-refractivity contribution < 1.29 is 4.79 Å². The molecule has 1 aliphatic carbocycles. The van der Waals surface area contributed by atoms with Crippen LogP contribution < -0.4 is 5.32 Å².